The molecule has 0 aliphatic carbocycles. The van der Waals surface area contributed by atoms with Crippen molar-refractivity contribution in [2.75, 3.05) is 20.3 Å². The van der Waals surface area contributed by atoms with Crippen LogP contribution in [0.4, 0.5) is 0 Å². The monoisotopic (exact) mass is 182 g/mol. The van der Waals surface area contributed by atoms with Gasteiger partial charge < -0.3 is 15.6 Å². The van der Waals surface area contributed by atoms with E-state index in [0.29, 0.717) is 12.3 Å². The quantitative estimate of drug-likeness (QED) is 0.694. The number of hydrogen-bond donors (Lipinski definition) is 2. The lowest BCUT2D eigenvalue weighted by Crippen LogP contribution is -2.17. The van der Waals surface area contributed by atoms with E-state index < -0.39 is 0 Å². The molecule has 0 saturated heterocycles. The second kappa shape index (κ2) is 4.79. The number of hydrogen-bond acceptors (Lipinski definition) is 4. The van der Waals surface area contributed by atoms with Gasteiger partial charge in [-0.15, -0.1) is 0 Å². The summed E-state index contributed by atoms with van der Waals surface area (Å²) >= 11 is 0. The minimum atomic E-state index is -0.0779. The molecule has 0 fully saturated rings. The Morgan fingerprint density at radius 3 is 2.77 bits per heavy atom. The third kappa shape index (κ3) is 2.40. The average molecular weight is 182 g/mol. The highest BCUT2D eigenvalue weighted by Gasteiger charge is 2.08. The van der Waals surface area contributed by atoms with Crippen molar-refractivity contribution in [1.29, 1.82) is 0 Å². The molecule has 1 aromatic rings. The first-order valence-electron chi connectivity index (χ1n) is 4.12. The Morgan fingerprint density at radius 2 is 2.38 bits per heavy atom. The summed E-state index contributed by atoms with van der Waals surface area (Å²) in [5.41, 5.74) is 6.25. The number of pyridine rings is 1. The van der Waals surface area contributed by atoms with Gasteiger partial charge in [-0.05, 0) is 12.1 Å². The standard InChI is InChI=1S/C9H14N2O2/c1-13-8-2-3-9(11-5-8)7(4-10)6-12/h2-3,5,7,12H,4,6,10H2,1H3. The van der Waals surface area contributed by atoms with E-state index in [-0.39, 0.29) is 12.5 Å². The van der Waals surface area contributed by atoms with Gasteiger partial charge in [0.1, 0.15) is 5.75 Å². The summed E-state index contributed by atoms with van der Waals surface area (Å²) in [6, 6.07) is 3.62. The molecule has 0 saturated carbocycles. The first-order chi connectivity index (χ1) is 6.31. The van der Waals surface area contributed by atoms with Crippen LogP contribution in [0.25, 0.3) is 0 Å². The highest BCUT2D eigenvalue weighted by Crippen LogP contribution is 2.14. The molecule has 3 N–H and O–H groups in total. The number of nitrogens with zero attached hydrogens (tertiary/aromatic N) is 1. The summed E-state index contributed by atoms with van der Waals surface area (Å²) in [5.74, 6) is 0.628. The molecule has 0 radical (unpaired) electrons. The Morgan fingerprint density at radius 1 is 1.62 bits per heavy atom. The Balaban J connectivity index is 2.78. The summed E-state index contributed by atoms with van der Waals surface area (Å²) in [5, 5.41) is 8.95. The zero-order valence-electron chi connectivity index (χ0n) is 7.60. The molecule has 4 heteroatoms. The molecule has 0 amide bonds. The molecule has 1 aromatic heterocycles. The SMILES string of the molecule is COc1ccc(C(CN)CO)nc1. The molecule has 1 atom stereocenters. The van der Waals surface area contributed by atoms with Crippen LogP contribution in [-0.4, -0.2) is 30.4 Å². The molecule has 1 heterocycles. The van der Waals surface area contributed by atoms with Crippen molar-refractivity contribution in [1.82, 2.24) is 4.98 Å². The predicted octanol–water partition coefficient (Wildman–Crippen LogP) is 0.125. The normalized spacial score (nSPS) is 12.5. The molecule has 13 heavy (non-hydrogen) atoms. The number of ether oxygens (including phenoxy) is 1. The molecule has 0 aromatic carbocycles. The first-order valence-corrected chi connectivity index (χ1v) is 4.12. The summed E-state index contributed by atoms with van der Waals surface area (Å²) in [4.78, 5) is 4.13. The smallest absolute Gasteiger partial charge is 0.137 e. The summed E-state index contributed by atoms with van der Waals surface area (Å²) < 4.78 is 4.96. The van der Waals surface area contributed by atoms with E-state index in [4.69, 9.17) is 15.6 Å². The lowest BCUT2D eigenvalue weighted by atomic mass is 10.1. The van der Waals surface area contributed by atoms with Crippen LogP contribution in [0.15, 0.2) is 18.3 Å². The minimum absolute atomic E-state index is 0.0236. The second-order valence-electron chi connectivity index (χ2n) is 2.74. The van der Waals surface area contributed by atoms with Gasteiger partial charge >= 0.3 is 0 Å². The number of aliphatic hydroxyl groups is 1. The van der Waals surface area contributed by atoms with Gasteiger partial charge in [-0.3, -0.25) is 4.98 Å². The third-order valence-electron chi connectivity index (χ3n) is 1.92. The van der Waals surface area contributed by atoms with E-state index in [1.807, 2.05) is 6.07 Å². The maximum Gasteiger partial charge on any atom is 0.137 e. The molecule has 0 bridgehead atoms. The lowest BCUT2D eigenvalue weighted by Gasteiger charge is -2.10. The van der Waals surface area contributed by atoms with E-state index in [9.17, 15) is 0 Å². The fraction of sp³-hybridized carbons (Fsp3) is 0.444. The zero-order chi connectivity index (χ0) is 9.68. The van der Waals surface area contributed by atoms with Gasteiger partial charge in [0.15, 0.2) is 0 Å². The number of rotatable bonds is 4. The maximum absolute atomic E-state index is 8.95. The van der Waals surface area contributed by atoms with Crippen molar-refractivity contribution in [2.45, 2.75) is 5.92 Å². The zero-order valence-corrected chi connectivity index (χ0v) is 7.60. The van der Waals surface area contributed by atoms with Crippen molar-refractivity contribution in [3.05, 3.63) is 24.0 Å². The van der Waals surface area contributed by atoms with Gasteiger partial charge in [0, 0.05) is 18.2 Å². The average Bonchev–Trinajstić information content (AvgIpc) is 2.21. The molecule has 4 nitrogen and oxygen atoms in total. The van der Waals surface area contributed by atoms with E-state index in [1.54, 1.807) is 19.4 Å². The Kier molecular flexibility index (Phi) is 3.67. The van der Waals surface area contributed by atoms with Crippen LogP contribution in [0.5, 0.6) is 5.75 Å². The van der Waals surface area contributed by atoms with Crippen LogP contribution in [0, 0.1) is 0 Å². The van der Waals surface area contributed by atoms with E-state index in [2.05, 4.69) is 4.98 Å². The van der Waals surface area contributed by atoms with Crippen LogP contribution in [-0.2, 0) is 0 Å². The fourth-order valence-electron chi connectivity index (χ4n) is 1.04. The maximum atomic E-state index is 8.95. The fourth-order valence-corrected chi connectivity index (χ4v) is 1.04. The van der Waals surface area contributed by atoms with Crippen molar-refractivity contribution in [2.24, 2.45) is 5.73 Å². The molecule has 1 unspecified atom stereocenters. The Labute approximate surface area is 77.4 Å². The summed E-state index contributed by atoms with van der Waals surface area (Å²) in [7, 11) is 1.59. The van der Waals surface area contributed by atoms with Crippen LogP contribution >= 0.6 is 0 Å². The van der Waals surface area contributed by atoms with Crippen molar-refractivity contribution < 1.29 is 9.84 Å². The van der Waals surface area contributed by atoms with E-state index >= 15 is 0 Å². The molecular weight excluding hydrogens is 168 g/mol. The van der Waals surface area contributed by atoms with Crippen molar-refractivity contribution in [3.63, 3.8) is 0 Å². The second-order valence-corrected chi connectivity index (χ2v) is 2.74. The van der Waals surface area contributed by atoms with Crippen LogP contribution < -0.4 is 10.5 Å². The third-order valence-corrected chi connectivity index (χ3v) is 1.92. The molecule has 0 aliphatic heterocycles. The van der Waals surface area contributed by atoms with Crippen LogP contribution in [0.3, 0.4) is 0 Å². The number of aromatic nitrogens is 1. The molecule has 0 spiro atoms. The van der Waals surface area contributed by atoms with Crippen LogP contribution in [0.1, 0.15) is 11.6 Å². The highest BCUT2D eigenvalue weighted by atomic mass is 16.5. The summed E-state index contributed by atoms with van der Waals surface area (Å²) in [6.45, 7) is 0.422. The highest BCUT2D eigenvalue weighted by molar-refractivity contribution is 5.21. The lowest BCUT2D eigenvalue weighted by molar-refractivity contribution is 0.265. The topological polar surface area (TPSA) is 68.4 Å². The molecule has 72 valence electrons. The number of methoxy groups -OCH3 is 1. The minimum Gasteiger partial charge on any atom is -0.495 e. The van der Waals surface area contributed by atoms with Crippen LogP contribution in [0.2, 0.25) is 0 Å². The first kappa shape index (κ1) is 9.95. The Bertz CT molecular complexity index is 244. The Hall–Kier alpha value is -1.13. The van der Waals surface area contributed by atoms with Gasteiger partial charge in [0.05, 0.1) is 19.9 Å². The van der Waals surface area contributed by atoms with Crippen molar-refractivity contribution >= 4 is 0 Å². The van der Waals surface area contributed by atoms with Gasteiger partial charge in [-0.25, -0.2) is 0 Å². The molecular formula is C9H14N2O2. The van der Waals surface area contributed by atoms with E-state index in [0.717, 1.165) is 5.69 Å². The van der Waals surface area contributed by atoms with Gasteiger partial charge in [0.25, 0.3) is 0 Å². The van der Waals surface area contributed by atoms with Gasteiger partial charge in [0.2, 0.25) is 0 Å². The van der Waals surface area contributed by atoms with Gasteiger partial charge in [-0.2, -0.15) is 0 Å². The predicted molar refractivity (Wildman–Crippen MR) is 49.7 cm³/mol. The largest absolute Gasteiger partial charge is 0.495 e. The molecule has 1 rings (SSSR count). The number of aliphatic hydroxyl groups excluding tert-OH is 1. The van der Waals surface area contributed by atoms with E-state index in [1.165, 1.54) is 0 Å². The summed E-state index contributed by atoms with van der Waals surface area (Å²) in [6.07, 6.45) is 1.62. The molecule has 0 aliphatic rings. The number of nitrogens with two attached hydrogens (primary N) is 1. The van der Waals surface area contributed by atoms with Gasteiger partial charge in [-0.1, -0.05) is 0 Å². The van der Waals surface area contributed by atoms with Crippen molar-refractivity contribution in [3.8, 4) is 5.75 Å².